The number of para-hydroxylation sites is 1. The van der Waals surface area contributed by atoms with Gasteiger partial charge >= 0.3 is 0 Å². The lowest BCUT2D eigenvalue weighted by Gasteiger charge is -2.26. The minimum absolute atomic E-state index is 0.172. The Morgan fingerprint density at radius 1 is 0.875 bits per heavy atom. The van der Waals surface area contributed by atoms with Crippen LogP contribution in [0.5, 0.6) is 11.5 Å². The van der Waals surface area contributed by atoms with E-state index in [1.165, 1.54) is 14.2 Å². The molecule has 0 amide bonds. The molecular weight excluding hydrogens is 532 g/mol. The summed E-state index contributed by atoms with van der Waals surface area (Å²) in [7, 11) is -0.821. The van der Waals surface area contributed by atoms with Crippen LogP contribution in [0, 0.1) is 13.8 Å². The summed E-state index contributed by atoms with van der Waals surface area (Å²) in [5.74, 6) is 0.993. The van der Waals surface area contributed by atoms with Gasteiger partial charge in [0.15, 0.2) is 21.5 Å². The topological polar surface area (TPSA) is 131 Å². The number of hydrogen-bond donors (Lipinski definition) is 0. The number of sulfone groups is 1. The molecule has 12 heteroatoms. The summed E-state index contributed by atoms with van der Waals surface area (Å²) in [5, 5.41) is 7.74. The second-order valence-corrected chi connectivity index (χ2v) is 12.0. The van der Waals surface area contributed by atoms with Gasteiger partial charge in [-0.2, -0.15) is 0 Å². The van der Waals surface area contributed by atoms with E-state index in [9.17, 15) is 8.42 Å². The van der Waals surface area contributed by atoms with Gasteiger partial charge < -0.3 is 14.2 Å². The maximum atomic E-state index is 14.0. The predicted octanol–water partition coefficient (Wildman–Crippen LogP) is 4.22. The van der Waals surface area contributed by atoms with Gasteiger partial charge in [0.05, 0.1) is 43.2 Å². The molecule has 212 valence electrons. The number of nitrogens with zero attached hydrogens (tertiary/aromatic N) is 6. The van der Waals surface area contributed by atoms with Crippen molar-refractivity contribution >= 4 is 9.84 Å². The summed E-state index contributed by atoms with van der Waals surface area (Å²) in [5.41, 5.74) is 2.92. The Labute approximate surface area is 234 Å². The molecule has 0 saturated heterocycles. The fourth-order valence-electron chi connectivity index (χ4n) is 4.29. The number of aromatic nitrogens is 6. The molecule has 0 N–H and O–H groups in total. The number of benzene rings is 1. The van der Waals surface area contributed by atoms with Gasteiger partial charge in [-0.15, -0.1) is 10.2 Å². The van der Waals surface area contributed by atoms with Gasteiger partial charge in [0.2, 0.25) is 0 Å². The van der Waals surface area contributed by atoms with Gasteiger partial charge in [0.1, 0.15) is 34.7 Å². The van der Waals surface area contributed by atoms with Crippen molar-refractivity contribution in [3.63, 3.8) is 0 Å². The van der Waals surface area contributed by atoms with Crippen molar-refractivity contribution < 1.29 is 22.6 Å². The largest absolute Gasteiger partial charge is 0.494 e. The number of aryl methyl sites for hydroxylation is 2. The zero-order valence-electron chi connectivity index (χ0n) is 23.7. The summed E-state index contributed by atoms with van der Waals surface area (Å²) in [6.45, 7) is 8.98. The lowest BCUT2D eigenvalue weighted by atomic mass is 10.2. The Morgan fingerprint density at radius 3 is 2.12 bits per heavy atom. The minimum atomic E-state index is -3.88. The quantitative estimate of drug-likeness (QED) is 0.260. The van der Waals surface area contributed by atoms with E-state index in [1.807, 2.05) is 39.8 Å². The van der Waals surface area contributed by atoms with Crippen molar-refractivity contribution in [2.45, 2.75) is 57.8 Å². The van der Waals surface area contributed by atoms with Gasteiger partial charge in [0, 0.05) is 11.9 Å². The zero-order chi connectivity index (χ0) is 29.0. The molecule has 0 fully saturated rings. The molecule has 0 bridgehead atoms. The monoisotopic (exact) mass is 566 g/mol. The fraction of sp³-hybridized carbons (Fsp3) is 0.393. The molecule has 4 aromatic rings. The summed E-state index contributed by atoms with van der Waals surface area (Å²) < 4.78 is 46.9. The van der Waals surface area contributed by atoms with E-state index in [0.29, 0.717) is 34.4 Å². The van der Waals surface area contributed by atoms with E-state index in [-0.39, 0.29) is 11.9 Å². The normalized spacial score (nSPS) is 13.3. The summed E-state index contributed by atoms with van der Waals surface area (Å²) >= 11 is 0. The molecule has 4 rings (SSSR count). The van der Waals surface area contributed by atoms with Crippen LogP contribution in [-0.4, -0.2) is 63.7 Å². The molecule has 0 aliphatic heterocycles. The highest BCUT2D eigenvalue weighted by Crippen LogP contribution is 2.37. The maximum absolute atomic E-state index is 14.0. The van der Waals surface area contributed by atoms with Crippen molar-refractivity contribution in [1.82, 2.24) is 29.7 Å². The van der Waals surface area contributed by atoms with Crippen molar-refractivity contribution in [3.05, 3.63) is 71.7 Å². The van der Waals surface area contributed by atoms with Gasteiger partial charge in [-0.25, -0.2) is 13.4 Å². The third-order valence-corrected chi connectivity index (χ3v) is 8.35. The fourth-order valence-corrected chi connectivity index (χ4v) is 5.68. The van der Waals surface area contributed by atoms with E-state index in [2.05, 4.69) is 25.1 Å². The van der Waals surface area contributed by atoms with Crippen molar-refractivity contribution in [3.8, 4) is 28.7 Å². The Bertz CT molecular complexity index is 1550. The van der Waals surface area contributed by atoms with Crippen LogP contribution in [-0.2, 0) is 20.3 Å². The number of methoxy groups -OCH3 is 2. The molecule has 0 aliphatic rings. The average Bonchev–Trinajstić information content (AvgIpc) is 3.33. The second-order valence-electron chi connectivity index (χ2n) is 9.65. The number of ether oxygens (including phenoxy) is 3. The molecule has 0 saturated carbocycles. The van der Waals surface area contributed by atoms with E-state index in [4.69, 9.17) is 14.2 Å². The van der Waals surface area contributed by atoms with Crippen LogP contribution in [0.15, 0.2) is 48.8 Å². The van der Waals surface area contributed by atoms with E-state index >= 15 is 0 Å². The summed E-state index contributed by atoms with van der Waals surface area (Å²) in [6, 6.07) is 10.8. The first-order valence-corrected chi connectivity index (χ1v) is 14.5. The first-order valence-electron chi connectivity index (χ1n) is 12.8. The molecule has 0 spiro atoms. The molecule has 0 radical (unpaired) electrons. The molecule has 2 atom stereocenters. The highest BCUT2D eigenvalue weighted by molar-refractivity contribution is 7.91. The van der Waals surface area contributed by atoms with E-state index in [1.54, 1.807) is 48.1 Å². The summed E-state index contributed by atoms with van der Waals surface area (Å²) in [6.07, 6.45) is 2.06. The van der Waals surface area contributed by atoms with Crippen molar-refractivity contribution in [2.75, 3.05) is 14.2 Å². The van der Waals surface area contributed by atoms with E-state index in [0.717, 1.165) is 11.4 Å². The third-order valence-electron chi connectivity index (χ3n) is 6.31. The molecule has 0 unspecified atom stereocenters. The highest BCUT2D eigenvalue weighted by Gasteiger charge is 2.36. The lowest BCUT2D eigenvalue weighted by molar-refractivity contribution is 0.00383. The van der Waals surface area contributed by atoms with Gasteiger partial charge in [0.25, 0.3) is 0 Å². The first-order chi connectivity index (χ1) is 19.1. The predicted molar refractivity (Wildman–Crippen MR) is 150 cm³/mol. The Morgan fingerprint density at radius 2 is 1.55 bits per heavy atom. The Hall–Kier alpha value is -3.90. The molecular formula is C28H34N6O5S. The smallest absolute Gasteiger partial charge is 0.187 e. The van der Waals surface area contributed by atoms with E-state index < -0.39 is 26.9 Å². The number of hydrogen-bond acceptors (Lipinski definition) is 10. The van der Waals surface area contributed by atoms with Crippen LogP contribution in [0.3, 0.4) is 0 Å². The molecule has 40 heavy (non-hydrogen) atoms. The molecule has 3 aromatic heterocycles. The SMILES string of the molecule is COc1cccc(OC)c1-n1c(CS(=O)(=O)[C@@H](C)[C@@H](OC(C)C)c2cnc(C)cn2)nnc1-c1cccc(C)n1. The van der Waals surface area contributed by atoms with Crippen LogP contribution in [0.25, 0.3) is 17.2 Å². The number of pyridine rings is 1. The Balaban J connectivity index is 1.85. The standard InChI is InChI=1S/C28H34N6O5S/c1-17(2)39-27(22-15-29-19(4)14-30-22)20(5)40(35,36)16-25-32-33-28(21-11-8-10-18(3)31-21)34(25)26-23(37-6)12-9-13-24(26)38-7/h8-15,17,20,27H,16H2,1-7H3/t20-,27+/m0/s1. The zero-order valence-corrected chi connectivity index (χ0v) is 24.5. The summed E-state index contributed by atoms with van der Waals surface area (Å²) in [4.78, 5) is 13.3. The highest BCUT2D eigenvalue weighted by atomic mass is 32.2. The second kappa shape index (κ2) is 12.1. The van der Waals surface area contributed by atoms with Gasteiger partial charge in [-0.3, -0.25) is 14.5 Å². The van der Waals surface area contributed by atoms with Crippen LogP contribution in [0.2, 0.25) is 0 Å². The van der Waals surface area contributed by atoms with Crippen molar-refractivity contribution in [1.29, 1.82) is 0 Å². The first kappa shape index (κ1) is 29.1. The maximum Gasteiger partial charge on any atom is 0.187 e. The minimum Gasteiger partial charge on any atom is -0.494 e. The van der Waals surface area contributed by atoms with Gasteiger partial charge in [-0.05, 0) is 58.9 Å². The third kappa shape index (κ3) is 6.13. The molecule has 0 aliphatic carbocycles. The van der Waals surface area contributed by atoms with Crippen LogP contribution in [0.4, 0.5) is 0 Å². The lowest BCUT2D eigenvalue weighted by Crippen LogP contribution is -2.31. The molecule has 3 heterocycles. The number of rotatable bonds is 11. The molecule has 1 aromatic carbocycles. The van der Waals surface area contributed by atoms with Crippen LogP contribution >= 0.6 is 0 Å². The van der Waals surface area contributed by atoms with Gasteiger partial charge in [-0.1, -0.05) is 12.1 Å². The van der Waals surface area contributed by atoms with Crippen LogP contribution in [0.1, 0.15) is 49.8 Å². The Kier molecular flexibility index (Phi) is 8.79. The molecule has 11 nitrogen and oxygen atoms in total. The van der Waals surface area contributed by atoms with Crippen molar-refractivity contribution in [2.24, 2.45) is 0 Å². The average molecular weight is 567 g/mol. The van der Waals surface area contributed by atoms with Crippen LogP contribution < -0.4 is 9.47 Å².